The van der Waals surface area contributed by atoms with Crippen LogP contribution in [0, 0.1) is 0 Å². The zero-order chi connectivity index (χ0) is 8.97. The highest BCUT2D eigenvalue weighted by molar-refractivity contribution is 9.10. The fourth-order valence-corrected chi connectivity index (χ4v) is 1.40. The summed E-state index contributed by atoms with van der Waals surface area (Å²) in [6.07, 6.45) is 0. The predicted molar refractivity (Wildman–Crippen MR) is 54.2 cm³/mol. The summed E-state index contributed by atoms with van der Waals surface area (Å²) in [5, 5.41) is 12.2. The number of hydrogen-bond acceptors (Lipinski definition) is 2. The molecule has 2 N–H and O–H groups in total. The highest BCUT2D eigenvalue weighted by atomic mass is 79.9. The summed E-state index contributed by atoms with van der Waals surface area (Å²) >= 11 is 3.37. The Hall–Kier alpha value is -0.540. The van der Waals surface area contributed by atoms with Gasteiger partial charge in [-0.3, -0.25) is 0 Å². The van der Waals surface area contributed by atoms with Crippen molar-refractivity contribution < 1.29 is 5.11 Å². The molecule has 0 saturated carbocycles. The maximum Gasteiger partial charge on any atom is 0.0701 e. The van der Waals surface area contributed by atoms with Crippen LogP contribution in [0.4, 0.5) is 5.69 Å². The molecule has 0 unspecified atom stereocenters. The van der Waals surface area contributed by atoms with Gasteiger partial charge in [-0.25, -0.2) is 0 Å². The predicted octanol–water partition coefficient (Wildman–Crippen LogP) is 2.37. The van der Waals surface area contributed by atoms with Crippen LogP contribution in [0.15, 0.2) is 22.7 Å². The van der Waals surface area contributed by atoms with E-state index in [1.54, 1.807) is 0 Å². The minimum atomic E-state index is 0.0790. The molecule has 1 aromatic carbocycles. The standard InChI is InChI=1S/C9H12BrNO/c1-2-11-9-5-8(10)4-3-7(9)6-12/h3-5,11-12H,2,6H2,1H3. The molecule has 0 radical (unpaired) electrons. The van der Waals surface area contributed by atoms with E-state index < -0.39 is 0 Å². The van der Waals surface area contributed by atoms with Gasteiger partial charge in [0.05, 0.1) is 6.61 Å². The van der Waals surface area contributed by atoms with Crippen LogP contribution in [0.2, 0.25) is 0 Å². The molecule has 66 valence electrons. The fraction of sp³-hybridized carbons (Fsp3) is 0.333. The van der Waals surface area contributed by atoms with Gasteiger partial charge in [0.15, 0.2) is 0 Å². The lowest BCUT2D eigenvalue weighted by Gasteiger charge is -2.08. The fourth-order valence-electron chi connectivity index (χ4n) is 1.04. The molecule has 0 heterocycles. The lowest BCUT2D eigenvalue weighted by molar-refractivity contribution is 0.282. The Kier molecular flexibility index (Phi) is 3.56. The molecule has 0 aliphatic heterocycles. The maximum atomic E-state index is 8.98. The number of halogens is 1. The van der Waals surface area contributed by atoms with Crippen molar-refractivity contribution in [3.05, 3.63) is 28.2 Å². The van der Waals surface area contributed by atoms with Gasteiger partial charge in [-0.05, 0) is 19.1 Å². The van der Waals surface area contributed by atoms with Gasteiger partial charge >= 0.3 is 0 Å². The molecular formula is C9H12BrNO. The first-order valence-electron chi connectivity index (χ1n) is 3.91. The van der Waals surface area contributed by atoms with Crippen molar-refractivity contribution in [3.63, 3.8) is 0 Å². The highest BCUT2D eigenvalue weighted by Crippen LogP contribution is 2.21. The van der Waals surface area contributed by atoms with E-state index in [0.717, 1.165) is 22.3 Å². The van der Waals surface area contributed by atoms with Crippen molar-refractivity contribution in [2.75, 3.05) is 11.9 Å². The van der Waals surface area contributed by atoms with Gasteiger partial charge in [0.25, 0.3) is 0 Å². The van der Waals surface area contributed by atoms with E-state index in [0.29, 0.717) is 0 Å². The van der Waals surface area contributed by atoms with E-state index in [1.807, 2.05) is 25.1 Å². The van der Waals surface area contributed by atoms with Crippen LogP contribution in [0.3, 0.4) is 0 Å². The quantitative estimate of drug-likeness (QED) is 0.835. The second-order valence-electron chi connectivity index (χ2n) is 2.49. The molecule has 0 aliphatic rings. The first-order valence-corrected chi connectivity index (χ1v) is 4.70. The number of aliphatic hydroxyl groups excluding tert-OH is 1. The maximum absolute atomic E-state index is 8.98. The molecule has 1 rings (SSSR count). The molecule has 0 spiro atoms. The van der Waals surface area contributed by atoms with E-state index >= 15 is 0 Å². The largest absolute Gasteiger partial charge is 0.392 e. The summed E-state index contributed by atoms with van der Waals surface area (Å²) < 4.78 is 1.02. The summed E-state index contributed by atoms with van der Waals surface area (Å²) in [6, 6.07) is 5.80. The number of benzene rings is 1. The summed E-state index contributed by atoms with van der Waals surface area (Å²) in [5.41, 5.74) is 1.93. The zero-order valence-corrected chi connectivity index (χ0v) is 8.56. The van der Waals surface area contributed by atoms with E-state index in [1.165, 1.54) is 0 Å². The Labute approximate surface area is 80.7 Å². The minimum Gasteiger partial charge on any atom is -0.392 e. The first kappa shape index (κ1) is 9.55. The Balaban J connectivity index is 2.95. The number of nitrogens with one attached hydrogen (secondary N) is 1. The minimum absolute atomic E-state index is 0.0790. The monoisotopic (exact) mass is 229 g/mol. The molecule has 0 saturated heterocycles. The SMILES string of the molecule is CCNc1cc(Br)ccc1CO. The zero-order valence-electron chi connectivity index (χ0n) is 6.97. The van der Waals surface area contributed by atoms with E-state index in [9.17, 15) is 0 Å². The number of hydrogen-bond donors (Lipinski definition) is 2. The number of aliphatic hydroxyl groups is 1. The third-order valence-electron chi connectivity index (χ3n) is 1.61. The molecule has 0 aromatic heterocycles. The van der Waals surface area contributed by atoms with Crippen LogP contribution in [0.1, 0.15) is 12.5 Å². The molecule has 1 aromatic rings. The van der Waals surface area contributed by atoms with Gasteiger partial charge in [0.1, 0.15) is 0 Å². The number of anilines is 1. The summed E-state index contributed by atoms with van der Waals surface area (Å²) in [6.45, 7) is 2.97. The molecule has 0 aliphatic carbocycles. The Morgan fingerprint density at radius 2 is 2.25 bits per heavy atom. The molecule has 3 heteroatoms. The first-order chi connectivity index (χ1) is 5.77. The molecule has 2 nitrogen and oxygen atoms in total. The summed E-state index contributed by atoms with van der Waals surface area (Å²) in [4.78, 5) is 0. The van der Waals surface area contributed by atoms with Crippen molar-refractivity contribution in [2.24, 2.45) is 0 Å². The van der Waals surface area contributed by atoms with Crippen LogP contribution < -0.4 is 5.32 Å². The van der Waals surface area contributed by atoms with Crippen LogP contribution in [0.5, 0.6) is 0 Å². The molecule has 0 fully saturated rings. The smallest absolute Gasteiger partial charge is 0.0701 e. The summed E-state index contributed by atoms with van der Waals surface area (Å²) in [5.74, 6) is 0. The van der Waals surface area contributed by atoms with Crippen molar-refractivity contribution in [3.8, 4) is 0 Å². The van der Waals surface area contributed by atoms with Crippen molar-refractivity contribution >= 4 is 21.6 Å². The van der Waals surface area contributed by atoms with Gasteiger partial charge in [-0.1, -0.05) is 22.0 Å². The highest BCUT2D eigenvalue weighted by Gasteiger charge is 1.99. The third-order valence-corrected chi connectivity index (χ3v) is 2.10. The second-order valence-corrected chi connectivity index (χ2v) is 3.41. The van der Waals surface area contributed by atoms with E-state index in [2.05, 4.69) is 21.2 Å². The average Bonchev–Trinajstić information content (AvgIpc) is 2.05. The van der Waals surface area contributed by atoms with Crippen LogP contribution in [-0.2, 0) is 6.61 Å². The van der Waals surface area contributed by atoms with Crippen LogP contribution >= 0.6 is 15.9 Å². The second kappa shape index (κ2) is 4.48. The third kappa shape index (κ3) is 2.22. The molecule has 12 heavy (non-hydrogen) atoms. The molecular weight excluding hydrogens is 218 g/mol. The Bertz CT molecular complexity index is 263. The Morgan fingerprint density at radius 1 is 1.50 bits per heavy atom. The normalized spacial score (nSPS) is 9.92. The van der Waals surface area contributed by atoms with Gasteiger partial charge in [-0.15, -0.1) is 0 Å². The summed E-state index contributed by atoms with van der Waals surface area (Å²) in [7, 11) is 0. The number of rotatable bonds is 3. The van der Waals surface area contributed by atoms with E-state index in [4.69, 9.17) is 5.11 Å². The average molecular weight is 230 g/mol. The van der Waals surface area contributed by atoms with Gasteiger partial charge in [0.2, 0.25) is 0 Å². The molecule has 0 atom stereocenters. The molecule has 0 amide bonds. The van der Waals surface area contributed by atoms with Gasteiger partial charge < -0.3 is 10.4 Å². The Morgan fingerprint density at radius 3 is 2.83 bits per heavy atom. The lowest BCUT2D eigenvalue weighted by atomic mass is 10.2. The lowest BCUT2D eigenvalue weighted by Crippen LogP contribution is -2.00. The van der Waals surface area contributed by atoms with Crippen molar-refractivity contribution in [1.82, 2.24) is 0 Å². The van der Waals surface area contributed by atoms with Crippen LogP contribution in [0.25, 0.3) is 0 Å². The van der Waals surface area contributed by atoms with Crippen molar-refractivity contribution in [1.29, 1.82) is 0 Å². The van der Waals surface area contributed by atoms with Gasteiger partial charge in [-0.2, -0.15) is 0 Å². The van der Waals surface area contributed by atoms with Crippen molar-refractivity contribution in [2.45, 2.75) is 13.5 Å². The van der Waals surface area contributed by atoms with Crippen LogP contribution in [-0.4, -0.2) is 11.7 Å². The molecule has 0 bridgehead atoms. The van der Waals surface area contributed by atoms with Gasteiger partial charge in [0, 0.05) is 22.3 Å². The van der Waals surface area contributed by atoms with E-state index in [-0.39, 0.29) is 6.61 Å². The topological polar surface area (TPSA) is 32.3 Å².